The number of sulfone groups is 1. The van der Waals surface area contributed by atoms with Crippen LogP contribution in [0.3, 0.4) is 0 Å². The molecule has 1 N–H and O–H groups in total. The predicted octanol–water partition coefficient (Wildman–Crippen LogP) is 2.56. The molecule has 0 radical (unpaired) electrons. The second kappa shape index (κ2) is 7.48. The number of ether oxygens (including phenoxy) is 1. The van der Waals surface area contributed by atoms with Crippen molar-refractivity contribution in [2.24, 2.45) is 0 Å². The van der Waals surface area contributed by atoms with E-state index in [1.54, 1.807) is 30.3 Å². The van der Waals surface area contributed by atoms with Crippen LogP contribution in [0.1, 0.15) is 12.8 Å². The summed E-state index contributed by atoms with van der Waals surface area (Å²) in [4.78, 5) is 17.9. The van der Waals surface area contributed by atoms with Gasteiger partial charge in [-0.15, -0.1) is 0 Å². The monoisotopic (exact) mass is 358 g/mol. The van der Waals surface area contributed by atoms with Crippen molar-refractivity contribution in [2.45, 2.75) is 17.9 Å². The molecule has 2 aromatic heterocycles. The molecule has 0 saturated carbocycles. The van der Waals surface area contributed by atoms with E-state index in [2.05, 4.69) is 9.97 Å². The number of aromatic amines is 1. The summed E-state index contributed by atoms with van der Waals surface area (Å²) in [5.74, 6) is 0.735. The number of H-pyrrole nitrogens is 1. The minimum absolute atomic E-state index is 0.0479. The molecule has 0 fully saturated rings. The summed E-state index contributed by atoms with van der Waals surface area (Å²) in [6.45, 7) is 0.423. The summed E-state index contributed by atoms with van der Waals surface area (Å²) in [6.07, 6.45) is 2.60. The minimum atomic E-state index is -3.34. The van der Waals surface area contributed by atoms with E-state index in [9.17, 15) is 13.2 Å². The first-order valence-corrected chi connectivity index (χ1v) is 9.59. The van der Waals surface area contributed by atoms with E-state index in [4.69, 9.17) is 4.74 Å². The third kappa shape index (κ3) is 4.45. The molecule has 0 bridgehead atoms. The average molecular weight is 358 g/mol. The molecule has 130 valence electrons. The van der Waals surface area contributed by atoms with Gasteiger partial charge < -0.3 is 9.72 Å². The number of fused-ring (bicyclic) bond motifs is 1. The largest absolute Gasteiger partial charge is 0.494 e. The highest BCUT2D eigenvalue weighted by Gasteiger charge is 2.14. The van der Waals surface area contributed by atoms with Gasteiger partial charge >= 0.3 is 0 Å². The van der Waals surface area contributed by atoms with Gasteiger partial charge in [-0.25, -0.2) is 13.4 Å². The Morgan fingerprint density at radius 1 is 1.04 bits per heavy atom. The number of nitrogens with one attached hydrogen (secondary N) is 1. The summed E-state index contributed by atoms with van der Waals surface area (Å²) in [6, 6.07) is 13.5. The molecular weight excluding hydrogens is 340 g/mol. The summed E-state index contributed by atoms with van der Waals surface area (Å²) in [5.41, 5.74) is 0.608. The first-order valence-electron chi connectivity index (χ1n) is 7.94. The molecule has 0 unspecified atom stereocenters. The van der Waals surface area contributed by atoms with Crippen LogP contribution in [0.15, 0.2) is 64.5 Å². The zero-order chi connectivity index (χ0) is 17.7. The van der Waals surface area contributed by atoms with Gasteiger partial charge in [0.25, 0.3) is 0 Å². The second-order valence-electron chi connectivity index (χ2n) is 5.61. The normalized spacial score (nSPS) is 11.5. The molecule has 7 heteroatoms. The molecular formula is C18H18N2O4S. The first-order chi connectivity index (χ1) is 12.0. The molecule has 0 atom stereocenters. The van der Waals surface area contributed by atoms with Gasteiger partial charge in [0.2, 0.25) is 5.56 Å². The van der Waals surface area contributed by atoms with Crippen molar-refractivity contribution in [1.82, 2.24) is 9.97 Å². The Morgan fingerprint density at radius 3 is 2.72 bits per heavy atom. The van der Waals surface area contributed by atoms with Crippen LogP contribution in [-0.2, 0) is 9.84 Å². The van der Waals surface area contributed by atoms with Crippen LogP contribution in [0.4, 0.5) is 0 Å². The van der Waals surface area contributed by atoms with Gasteiger partial charge in [0.05, 0.1) is 12.4 Å². The first kappa shape index (κ1) is 17.2. The van der Waals surface area contributed by atoms with E-state index in [1.807, 2.05) is 6.07 Å². The highest BCUT2D eigenvalue weighted by molar-refractivity contribution is 7.91. The Kier molecular flexibility index (Phi) is 5.14. The highest BCUT2D eigenvalue weighted by atomic mass is 32.2. The number of pyridine rings is 2. The molecule has 0 aliphatic rings. The molecule has 25 heavy (non-hydrogen) atoms. The zero-order valence-corrected chi connectivity index (χ0v) is 14.3. The summed E-state index contributed by atoms with van der Waals surface area (Å²) in [7, 11) is -3.34. The molecule has 0 aliphatic heterocycles. The lowest BCUT2D eigenvalue weighted by Crippen LogP contribution is -2.10. The van der Waals surface area contributed by atoms with E-state index in [-0.39, 0.29) is 16.3 Å². The van der Waals surface area contributed by atoms with Crippen molar-refractivity contribution in [3.05, 3.63) is 65.1 Å². The highest BCUT2D eigenvalue weighted by Crippen LogP contribution is 2.18. The van der Waals surface area contributed by atoms with E-state index in [0.717, 1.165) is 10.9 Å². The van der Waals surface area contributed by atoms with Gasteiger partial charge in [0, 0.05) is 23.2 Å². The topological polar surface area (TPSA) is 89.1 Å². The Hall–Kier alpha value is -2.67. The van der Waals surface area contributed by atoms with Crippen LogP contribution in [-0.4, -0.2) is 30.7 Å². The van der Waals surface area contributed by atoms with Crippen molar-refractivity contribution in [3.8, 4) is 5.75 Å². The van der Waals surface area contributed by atoms with E-state index >= 15 is 0 Å². The van der Waals surface area contributed by atoms with E-state index in [0.29, 0.717) is 25.2 Å². The standard InChI is InChI=1S/C18H18N2O4S/c21-17-9-6-14-13-15(7-8-16(14)20-17)24-11-3-4-12-25(22,23)18-5-1-2-10-19-18/h1-2,5-10,13H,3-4,11-12H2,(H,20,21). The molecule has 0 aliphatic carbocycles. The van der Waals surface area contributed by atoms with Gasteiger partial charge in [0.15, 0.2) is 14.9 Å². The predicted molar refractivity (Wildman–Crippen MR) is 95.6 cm³/mol. The number of nitrogens with zero attached hydrogens (tertiary/aromatic N) is 1. The number of aromatic nitrogens is 2. The lowest BCUT2D eigenvalue weighted by Gasteiger charge is -2.07. The molecule has 2 heterocycles. The number of hydrogen-bond donors (Lipinski definition) is 1. The molecule has 3 aromatic rings. The quantitative estimate of drug-likeness (QED) is 0.656. The minimum Gasteiger partial charge on any atom is -0.494 e. The summed E-state index contributed by atoms with van der Waals surface area (Å²) in [5, 5.41) is 0.995. The maximum Gasteiger partial charge on any atom is 0.248 e. The number of unbranched alkanes of at least 4 members (excludes halogenated alkanes) is 1. The third-order valence-corrected chi connectivity index (χ3v) is 5.43. The van der Waals surface area contributed by atoms with Crippen molar-refractivity contribution in [3.63, 3.8) is 0 Å². The Balaban J connectivity index is 1.50. The van der Waals surface area contributed by atoms with Gasteiger partial charge in [-0.3, -0.25) is 4.79 Å². The Labute approximate surface area is 145 Å². The number of benzene rings is 1. The Bertz CT molecular complexity index is 1010. The van der Waals surface area contributed by atoms with Crippen LogP contribution < -0.4 is 10.3 Å². The zero-order valence-electron chi connectivity index (χ0n) is 13.5. The molecule has 0 amide bonds. The van der Waals surface area contributed by atoms with Gasteiger partial charge in [-0.05, 0) is 49.2 Å². The number of hydrogen-bond acceptors (Lipinski definition) is 5. The van der Waals surface area contributed by atoms with Crippen LogP contribution in [0.5, 0.6) is 5.75 Å². The smallest absolute Gasteiger partial charge is 0.248 e. The van der Waals surface area contributed by atoms with Crippen LogP contribution in [0, 0.1) is 0 Å². The lowest BCUT2D eigenvalue weighted by atomic mass is 10.2. The summed E-state index contributed by atoms with van der Waals surface area (Å²) >= 11 is 0. The molecule has 6 nitrogen and oxygen atoms in total. The van der Waals surface area contributed by atoms with Gasteiger partial charge in [0.1, 0.15) is 5.75 Å². The summed E-state index contributed by atoms with van der Waals surface area (Å²) < 4.78 is 29.9. The maximum atomic E-state index is 12.1. The van der Waals surface area contributed by atoms with Crippen molar-refractivity contribution in [2.75, 3.05) is 12.4 Å². The Morgan fingerprint density at radius 2 is 1.92 bits per heavy atom. The van der Waals surface area contributed by atoms with Crippen LogP contribution in [0.2, 0.25) is 0 Å². The fourth-order valence-electron chi connectivity index (χ4n) is 2.44. The van der Waals surface area contributed by atoms with Gasteiger partial charge in [-0.2, -0.15) is 0 Å². The average Bonchev–Trinajstić information content (AvgIpc) is 2.62. The molecule has 1 aromatic carbocycles. The van der Waals surface area contributed by atoms with E-state index < -0.39 is 9.84 Å². The van der Waals surface area contributed by atoms with Gasteiger partial charge in [-0.1, -0.05) is 6.07 Å². The fraction of sp³-hybridized carbons (Fsp3) is 0.222. The van der Waals surface area contributed by atoms with E-state index in [1.165, 1.54) is 18.3 Å². The van der Waals surface area contributed by atoms with Crippen LogP contribution >= 0.6 is 0 Å². The van der Waals surface area contributed by atoms with Crippen molar-refractivity contribution < 1.29 is 13.2 Å². The molecule has 0 spiro atoms. The van der Waals surface area contributed by atoms with Crippen molar-refractivity contribution in [1.29, 1.82) is 0 Å². The van der Waals surface area contributed by atoms with Crippen LogP contribution in [0.25, 0.3) is 10.9 Å². The van der Waals surface area contributed by atoms with Crippen molar-refractivity contribution >= 4 is 20.7 Å². The molecule has 3 rings (SSSR count). The second-order valence-corrected chi connectivity index (χ2v) is 7.67. The number of rotatable bonds is 7. The maximum absolute atomic E-state index is 12.1. The molecule has 0 saturated heterocycles. The SMILES string of the molecule is O=c1ccc2cc(OCCCCS(=O)(=O)c3ccccn3)ccc2[nH]1. The fourth-order valence-corrected chi connectivity index (χ4v) is 3.74. The lowest BCUT2D eigenvalue weighted by molar-refractivity contribution is 0.310. The third-order valence-electron chi connectivity index (χ3n) is 3.73.